The maximum Gasteiger partial charge on any atom is 0.330 e. The van der Waals surface area contributed by atoms with E-state index in [2.05, 4.69) is 18.8 Å². The van der Waals surface area contributed by atoms with Crippen LogP contribution in [0.2, 0.25) is 0 Å². The Morgan fingerprint density at radius 1 is 1.53 bits per heavy atom. The Hall–Kier alpha value is -1.40. The van der Waals surface area contributed by atoms with E-state index in [1.165, 1.54) is 10.8 Å². The number of hydrogen-bond donors (Lipinski definition) is 2. The van der Waals surface area contributed by atoms with Gasteiger partial charge in [-0.15, -0.1) is 0 Å². The molecule has 1 fully saturated rings. The summed E-state index contributed by atoms with van der Waals surface area (Å²) in [6.07, 6.45) is 3.20. The summed E-state index contributed by atoms with van der Waals surface area (Å²) in [6, 6.07) is 0. The first-order valence-electron chi connectivity index (χ1n) is 6.67. The third kappa shape index (κ3) is 2.79. The summed E-state index contributed by atoms with van der Waals surface area (Å²) in [6.45, 7) is 4.02. The van der Waals surface area contributed by atoms with Crippen LogP contribution in [-0.4, -0.2) is 27.4 Å². The van der Waals surface area contributed by atoms with Crippen molar-refractivity contribution in [3.05, 3.63) is 32.6 Å². The molecule has 6 heteroatoms. The zero-order valence-electron chi connectivity index (χ0n) is 11.3. The fourth-order valence-corrected chi connectivity index (χ4v) is 2.58. The number of ether oxygens (including phenoxy) is 1. The number of aromatic amines is 1. The molecule has 19 heavy (non-hydrogen) atoms. The first kappa shape index (κ1) is 14.0. The van der Waals surface area contributed by atoms with E-state index in [0.29, 0.717) is 11.5 Å². The summed E-state index contributed by atoms with van der Waals surface area (Å²) < 4.78 is 7.27. The van der Waals surface area contributed by atoms with Crippen molar-refractivity contribution in [2.75, 3.05) is 6.61 Å². The number of nitrogens with one attached hydrogen (secondary N) is 1. The normalized spacial score (nSPS) is 26.8. The standard InChI is InChI=1S/C13H20N2O4/c1-3-10-8(2)6-11(19-10)15-7-9(4-5-16)12(17)14-13(15)18/h7-8,10-11,16H,3-6H2,1-2H3,(H,14,17,18)/t8-,10+,11+/m0/s1. The topological polar surface area (TPSA) is 84.3 Å². The number of rotatable bonds is 4. The van der Waals surface area contributed by atoms with Crippen LogP contribution >= 0.6 is 0 Å². The van der Waals surface area contributed by atoms with Crippen LogP contribution in [0, 0.1) is 5.92 Å². The van der Waals surface area contributed by atoms with E-state index in [9.17, 15) is 9.59 Å². The fraction of sp³-hybridized carbons (Fsp3) is 0.692. The molecule has 0 aliphatic carbocycles. The van der Waals surface area contributed by atoms with E-state index in [1.54, 1.807) is 0 Å². The molecule has 2 rings (SSSR count). The van der Waals surface area contributed by atoms with E-state index in [-0.39, 0.29) is 25.4 Å². The van der Waals surface area contributed by atoms with Gasteiger partial charge in [-0.1, -0.05) is 13.8 Å². The predicted molar refractivity (Wildman–Crippen MR) is 70.1 cm³/mol. The van der Waals surface area contributed by atoms with E-state index in [4.69, 9.17) is 9.84 Å². The molecule has 2 heterocycles. The highest BCUT2D eigenvalue weighted by Gasteiger charge is 2.32. The monoisotopic (exact) mass is 268 g/mol. The van der Waals surface area contributed by atoms with Gasteiger partial charge in [-0.05, 0) is 18.8 Å². The van der Waals surface area contributed by atoms with Crippen LogP contribution in [0.15, 0.2) is 15.8 Å². The molecule has 0 amide bonds. The van der Waals surface area contributed by atoms with E-state index in [1.807, 2.05) is 0 Å². The number of nitrogens with zero attached hydrogens (tertiary/aromatic N) is 1. The molecule has 0 aromatic carbocycles. The molecule has 0 bridgehead atoms. The van der Waals surface area contributed by atoms with Gasteiger partial charge in [-0.3, -0.25) is 14.3 Å². The summed E-state index contributed by atoms with van der Waals surface area (Å²) in [5, 5.41) is 8.92. The van der Waals surface area contributed by atoms with Crippen LogP contribution in [0.4, 0.5) is 0 Å². The van der Waals surface area contributed by atoms with Crippen molar-refractivity contribution >= 4 is 0 Å². The summed E-state index contributed by atoms with van der Waals surface area (Å²) >= 11 is 0. The Bertz CT molecular complexity index is 548. The lowest BCUT2D eigenvalue weighted by Crippen LogP contribution is -2.34. The molecule has 3 atom stereocenters. The van der Waals surface area contributed by atoms with E-state index >= 15 is 0 Å². The van der Waals surface area contributed by atoms with Crippen LogP contribution in [-0.2, 0) is 11.2 Å². The van der Waals surface area contributed by atoms with Crippen LogP contribution in [0.25, 0.3) is 0 Å². The van der Waals surface area contributed by atoms with Gasteiger partial charge in [0.15, 0.2) is 0 Å². The number of aromatic nitrogens is 2. The quantitative estimate of drug-likeness (QED) is 0.828. The minimum Gasteiger partial charge on any atom is -0.396 e. The minimum absolute atomic E-state index is 0.124. The molecule has 2 N–H and O–H groups in total. The van der Waals surface area contributed by atoms with Gasteiger partial charge in [0.2, 0.25) is 0 Å². The Kier molecular flexibility index (Phi) is 4.21. The number of aliphatic hydroxyl groups is 1. The lowest BCUT2D eigenvalue weighted by atomic mass is 10.0. The van der Waals surface area contributed by atoms with Crippen molar-refractivity contribution in [3.63, 3.8) is 0 Å². The summed E-state index contributed by atoms with van der Waals surface area (Å²) in [7, 11) is 0. The Morgan fingerprint density at radius 3 is 2.84 bits per heavy atom. The second kappa shape index (κ2) is 5.71. The third-order valence-electron chi connectivity index (χ3n) is 3.68. The van der Waals surface area contributed by atoms with Crippen molar-refractivity contribution in [2.45, 2.75) is 45.4 Å². The molecule has 1 aromatic rings. The highest BCUT2D eigenvalue weighted by molar-refractivity contribution is 5.05. The van der Waals surface area contributed by atoms with Gasteiger partial charge in [-0.2, -0.15) is 0 Å². The molecule has 1 aromatic heterocycles. The van der Waals surface area contributed by atoms with Crippen molar-refractivity contribution < 1.29 is 9.84 Å². The van der Waals surface area contributed by atoms with E-state index < -0.39 is 11.2 Å². The predicted octanol–water partition coefficient (Wildman–Crippen LogP) is 0.405. The van der Waals surface area contributed by atoms with Crippen molar-refractivity contribution in [1.29, 1.82) is 0 Å². The van der Waals surface area contributed by atoms with Gasteiger partial charge in [-0.25, -0.2) is 4.79 Å². The van der Waals surface area contributed by atoms with Gasteiger partial charge in [0.05, 0.1) is 6.10 Å². The van der Waals surface area contributed by atoms with Gasteiger partial charge < -0.3 is 9.84 Å². The first-order valence-corrected chi connectivity index (χ1v) is 6.67. The number of hydrogen-bond acceptors (Lipinski definition) is 4. The SMILES string of the molecule is CC[C@H]1O[C@@H](n2cc(CCO)c(=O)[nH]c2=O)C[C@@H]1C. The Morgan fingerprint density at radius 2 is 2.26 bits per heavy atom. The maximum atomic E-state index is 11.9. The molecule has 1 aliphatic rings. The van der Waals surface area contributed by atoms with Crippen molar-refractivity contribution in [3.8, 4) is 0 Å². The number of H-pyrrole nitrogens is 1. The van der Waals surface area contributed by atoms with Gasteiger partial charge >= 0.3 is 5.69 Å². The molecule has 0 radical (unpaired) electrons. The highest BCUT2D eigenvalue weighted by Crippen LogP contribution is 2.33. The summed E-state index contributed by atoms with van der Waals surface area (Å²) in [5.41, 5.74) is -0.493. The van der Waals surface area contributed by atoms with Crippen molar-refractivity contribution in [1.82, 2.24) is 9.55 Å². The smallest absolute Gasteiger partial charge is 0.330 e. The summed E-state index contributed by atoms with van der Waals surface area (Å²) in [5.74, 6) is 0.384. The molecule has 106 valence electrons. The Balaban J connectivity index is 2.33. The van der Waals surface area contributed by atoms with Crippen LogP contribution in [0.5, 0.6) is 0 Å². The second-order valence-electron chi connectivity index (χ2n) is 5.04. The Labute approximate surface area is 111 Å². The molecule has 1 saturated heterocycles. The molecular weight excluding hydrogens is 248 g/mol. The lowest BCUT2D eigenvalue weighted by Gasteiger charge is -2.15. The zero-order chi connectivity index (χ0) is 14.0. The zero-order valence-corrected chi connectivity index (χ0v) is 11.3. The number of aliphatic hydroxyl groups excluding tert-OH is 1. The highest BCUT2D eigenvalue weighted by atomic mass is 16.5. The molecule has 1 aliphatic heterocycles. The minimum atomic E-state index is -0.458. The van der Waals surface area contributed by atoms with Crippen LogP contribution in [0.1, 0.15) is 38.5 Å². The second-order valence-corrected chi connectivity index (χ2v) is 5.04. The molecule has 0 spiro atoms. The molecule has 0 unspecified atom stereocenters. The fourth-order valence-electron chi connectivity index (χ4n) is 2.58. The van der Waals surface area contributed by atoms with Gasteiger partial charge in [0, 0.05) is 24.8 Å². The molecular formula is C13H20N2O4. The largest absolute Gasteiger partial charge is 0.396 e. The van der Waals surface area contributed by atoms with Gasteiger partial charge in [0.1, 0.15) is 6.23 Å². The third-order valence-corrected chi connectivity index (χ3v) is 3.68. The average molecular weight is 268 g/mol. The van der Waals surface area contributed by atoms with Crippen LogP contribution < -0.4 is 11.2 Å². The van der Waals surface area contributed by atoms with Crippen LogP contribution in [0.3, 0.4) is 0 Å². The summed E-state index contributed by atoms with van der Waals surface area (Å²) in [4.78, 5) is 25.7. The molecule has 6 nitrogen and oxygen atoms in total. The average Bonchev–Trinajstić information content (AvgIpc) is 2.74. The van der Waals surface area contributed by atoms with E-state index in [0.717, 1.165) is 12.8 Å². The van der Waals surface area contributed by atoms with Gasteiger partial charge in [0.25, 0.3) is 5.56 Å². The first-order chi connectivity index (χ1) is 9.06. The maximum absolute atomic E-state index is 11.9. The molecule has 0 saturated carbocycles. The lowest BCUT2D eigenvalue weighted by molar-refractivity contribution is -0.00775. The van der Waals surface area contributed by atoms with Crippen molar-refractivity contribution in [2.24, 2.45) is 5.92 Å².